The van der Waals surface area contributed by atoms with Crippen LogP contribution in [0.1, 0.15) is 58.8 Å². The molecule has 4 N–H and O–H groups in total. The number of anilines is 1. The Labute approximate surface area is 274 Å². The van der Waals surface area contributed by atoms with Crippen molar-refractivity contribution in [3.63, 3.8) is 0 Å². The van der Waals surface area contributed by atoms with Crippen molar-refractivity contribution in [1.29, 1.82) is 0 Å². The summed E-state index contributed by atoms with van der Waals surface area (Å²) in [5.74, 6) is 0.141. The molecule has 236 valence electrons. The summed E-state index contributed by atoms with van der Waals surface area (Å²) < 4.78 is 24.1. The van der Waals surface area contributed by atoms with E-state index in [0.29, 0.717) is 33.6 Å². The summed E-state index contributed by atoms with van der Waals surface area (Å²) in [4.78, 5) is 25.7. The average Bonchev–Trinajstić information content (AvgIpc) is 3.87. The maximum Gasteiger partial charge on any atom is 0.254 e. The largest absolute Gasteiger partial charge is 0.387 e. The number of hydrogen-bond donors (Lipinski definition) is 4. The van der Waals surface area contributed by atoms with Gasteiger partial charge in [-0.25, -0.2) is 0 Å². The summed E-state index contributed by atoms with van der Waals surface area (Å²) in [5, 5.41) is 22.6. The van der Waals surface area contributed by atoms with Crippen LogP contribution >= 0.6 is 23.2 Å². The molecule has 0 radical (unpaired) electrons. The van der Waals surface area contributed by atoms with E-state index < -0.39 is 20.3 Å². The molecule has 2 unspecified atom stereocenters. The van der Waals surface area contributed by atoms with Gasteiger partial charge < -0.3 is 10.0 Å². The molecular formula is C33H33AsCl2N2O7. The van der Waals surface area contributed by atoms with E-state index in [4.69, 9.17) is 28.5 Å². The Morgan fingerprint density at radius 3 is 2.22 bits per heavy atom. The van der Waals surface area contributed by atoms with Crippen LogP contribution in [0, 0.1) is 0 Å². The van der Waals surface area contributed by atoms with Gasteiger partial charge in [-0.1, -0.05) is 65.7 Å². The number of nitrogens with one attached hydrogen (secondary N) is 1. The summed E-state index contributed by atoms with van der Waals surface area (Å²) in [6.45, 7) is 1.84. The van der Waals surface area contributed by atoms with E-state index in [-0.39, 0.29) is 28.4 Å². The first-order valence-electron chi connectivity index (χ1n) is 14.1. The monoisotopic (exact) mass is 714 g/mol. The molecule has 0 aliphatic heterocycles. The van der Waals surface area contributed by atoms with E-state index in [1.54, 1.807) is 59.5 Å². The number of carbonyl (C=O) groups is 2. The fraction of sp³-hybridized carbons (Fsp3) is 0.212. The number of para-hydroxylation sites is 1. The molecule has 0 aromatic heterocycles. The van der Waals surface area contributed by atoms with Crippen molar-refractivity contribution in [2.45, 2.75) is 38.3 Å². The van der Waals surface area contributed by atoms with Gasteiger partial charge in [-0.2, -0.15) is 0 Å². The molecule has 0 saturated heterocycles. The molecule has 0 bridgehead atoms. The number of benzene rings is 4. The summed E-state index contributed by atoms with van der Waals surface area (Å²) in [6, 6.07) is 28.2. The molecular weight excluding hydrogens is 682 g/mol. The third-order valence-electron chi connectivity index (χ3n) is 7.04. The second kappa shape index (κ2) is 15.7. The zero-order valence-corrected chi connectivity index (χ0v) is 27.7. The average molecular weight is 715 g/mol. The quantitative estimate of drug-likeness (QED) is 0.0906. The molecule has 2 amide bonds. The molecule has 1 saturated carbocycles. The van der Waals surface area contributed by atoms with Gasteiger partial charge in [-0.15, -0.1) is 0 Å². The van der Waals surface area contributed by atoms with Crippen LogP contribution in [-0.4, -0.2) is 51.9 Å². The van der Waals surface area contributed by atoms with Crippen LogP contribution in [0.15, 0.2) is 97.1 Å². The van der Waals surface area contributed by atoms with Crippen LogP contribution in [0.5, 0.6) is 0 Å². The Bertz CT molecular complexity index is 1660. The fourth-order valence-corrected chi connectivity index (χ4v) is 6.60. The second-order valence-corrected chi connectivity index (χ2v) is 15.0. The van der Waals surface area contributed by atoms with Crippen molar-refractivity contribution in [3.8, 4) is 0 Å². The van der Waals surface area contributed by atoms with Crippen LogP contribution in [0.4, 0.5) is 5.69 Å². The number of nitrogens with zero attached hydrogens (tertiary/aromatic N) is 1. The van der Waals surface area contributed by atoms with E-state index >= 15 is 0 Å². The topological polar surface area (TPSA) is 136 Å². The van der Waals surface area contributed by atoms with Gasteiger partial charge in [0.05, 0.1) is 12.6 Å². The number of aliphatic hydroxyl groups is 1. The number of amides is 2. The minimum absolute atomic E-state index is 0.103. The van der Waals surface area contributed by atoms with E-state index in [2.05, 4.69) is 33.5 Å². The van der Waals surface area contributed by atoms with Crippen LogP contribution in [0.3, 0.4) is 0 Å². The van der Waals surface area contributed by atoms with Gasteiger partial charge >= 0.3 is 88.4 Å². The predicted octanol–water partition coefficient (Wildman–Crippen LogP) is 5.95. The predicted molar refractivity (Wildman–Crippen MR) is 174 cm³/mol. The Kier molecular flexibility index (Phi) is 12.1. The zero-order valence-electron chi connectivity index (χ0n) is 24.3. The molecule has 4 aromatic rings. The van der Waals surface area contributed by atoms with Crippen molar-refractivity contribution in [2.24, 2.45) is 0 Å². The maximum absolute atomic E-state index is 13.2. The van der Waals surface area contributed by atoms with E-state index in [9.17, 15) is 22.5 Å². The third kappa shape index (κ3) is 10.0. The Balaban J connectivity index is 0.000000259. The van der Waals surface area contributed by atoms with Gasteiger partial charge in [0.2, 0.25) is 0 Å². The molecule has 1 aliphatic carbocycles. The molecule has 12 heteroatoms. The summed E-state index contributed by atoms with van der Waals surface area (Å²) in [6.07, 6.45) is 1.69. The molecule has 0 heterocycles. The van der Waals surface area contributed by atoms with Gasteiger partial charge in [0.15, 0.2) is 0 Å². The Hall–Kier alpha value is -3.40. The molecule has 9 nitrogen and oxygen atoms in total. The zero-order chi connectivity index (χ0) is 32.6. The maximum atomic E-state index is 13.2. The van der Waals surface area contributed by atoms with E-state index in [1.165, 1.54) is 43.5 Å². The SMILES string of the molecule is CC(=O)Nc1ccccc1[As](=O)(O)OO.O=C(c1cccc(Cl)c1)N(Cc1ccc(C2CC2)cc1)CC(O)c1ccc(Cl)cc1. The van der Waals surface area contributed by atoms with Gasteiger partial charge in [0, 0.05) is 22.2 Å². The Morgan fingerprint density at radius 1 is 0.956 bits per heavy atom. The molecule has 45 heavy (non-hydrogen) atoms. The van der Waals surface area contributed by atoms with Gasteiger partial charge in [-0.3, -0.25) is 4.79 Å². The van der Waals surface area contributed by atoms with Crippen molar-refractivity contribution >= 4 is 59.2 Å². The van der Waals surface area contributed by atoms with Crippen LogP contribution in [0.2, 0.25) is 10.0 Å². The standard InChI is InChI=1S/C25H23Cl2NO2.C8H10AsNO5/c26-22-12-10-20(11-13-22)24(29)16-28(25(30)21-2-1-3-23(27)14-21)15-17-4-6-18(7-5-17)19-8-9-19;1-6(11)10-8-5-3-2-4-7(8)9(12,13)15-14/h1-7,10-14,19,24,29H,8-9,15-16H2;2-5,14H,1H3,(H,10,11)(H,12,13). The van der Waals surface area contributed by atoms with Crippen molar-refractivity contribution in [2.75, 3.05) is 11.9 Å². The minimum atomic E-state index is -4.92. The first-order valence-corrected chi connectivity index (χ1v) is 18.1. The summed E-state index contributed by atoms with van der Waals surface area (Å²) in [5.41, 5.74) is 3.75. The number of hydrogen-bond acceptors (Lipinski definition) is 6. The van der Waals surface area contributed by atoms with Crippen LogP contribution in [-0.2, 0) is 19.0 Å². The smallest absolute Gasteiger partial charge is 0.254 e. The second-order valence-electron chi connectivity index (χ2n) is 10.6. The van der Waals surface area contributed by atoms with Crippen LogP contribution in [0.25, 0.3) is 0 Å². The molecule has 4 aromatic carbocycles. The fourth-order valence-electron chi connectivity index (χ4n) is 4.61. The number of aliphatic hydroxyl groups excluding tert-OH is 1. The molecule has 1 aliphatic rings. The minimum Gasteiger partial charge on any atom is -0.387 e. The first-order chi connectivity index (χ1) is 21.5. The molecule has 2 atom stereocenters. The van der Waals surface area contributed by atoms with Crippen molar-refractivity contribution < 1.29 is 31.7 Å². The van der Waals surface area contributed by atoms with Crippen LogP contribution < -0.4 is 9.67 Å². The van der Waals surface area contributed by atoms with Crippen molar-refractivity contribution in [3.05, 3.63) is 129 Å². The molecule has 5 rings (SSSR count). The number of rotatable bonds is 10. The normalized spacial score (nSPS) is 14.4. The number of halogens is 2. The summed E-state index contributed by atoms with van der Waals surface area (Å²) in [7, 11) is 0. The van der Waals surface area contributed by atoms with Gasteiger partial charge in [0.1, 0.15) is 0 Å². The van der Waals surface area contributed by atoms with E-state index in [0.717, 1.165) is 5.56 Å². The summed E-state index contributed by atoms with van der Waals surface area (Å²) >= 11 is 7.12. The van der Waals surface area contributed by atoms with E-state index in [1.807, 2.05) is 0 Å². The number of carbonyl (C=O) groups excluding carboxylic acids is 2. The third-order valence-corrected chi connectivity index (χ3v) is 10.1. The van der Waals surface area contributed by atoms with Crippen molar-refractivity contribution in [1.82, 2.24) is 4.90 Å². The van der Waals surface area contributed by atoms with Gasteiger partial charge in [-0.05, 0) is 65.8 Å². The first kappa shape index (κ1) is 34.5. The Morgan fingerprint density at radius 2 is 1.62 bits per heavy atom. The molecule has 1 fully saturated rings. The van der Waals surface area contributed by atoms with Gasteiger partial charge in [0.25, 0.3) is 5.91 Å². The molecule has 0 spiro atoms.